The molecule has 0 bridgehead atoms. The number of thiophene rings is 1. The standard InChI is InChI=1S/C14H15N3OS/c1-3-12-6-7-13(19-12)10(2)16-17-14(18)11-5-4-8-15-9-11/h4-9H,3H2,1-2H3,(H,17,18)/b16-10-. The molecule has 0 aromatic carbocycles. The van der Waals surface area contributed by atoms with Crippen LogP contribution in [0.5, 0.6) is 0 Å². The molecular formula is C14H15N3OS. The van der Waals surface area contributed by atoms with Crippen molar-refractivity contribution >= 4 is 23.0 Å². The molecular weight excluding hydrogens is 258 g/mol. The van der Waals surface area contributed by atoms with Gasteiger partial charge in [0.25, 0.3) is 5.91 Å². The number of hydrogen-bond donors (Lipinski definition) is 1. The van der Waals surface area contributed by atoms with Crippen LogP contribution in [-0.2, 0) is 6.42 Å². The van der Waals surface area contributed by atoms with E-state index in [0.717, 1.165) is 17.0 Å². The summed E-state index contributed by atoms with van der Waals surface area (Å²) in [6.07, 6.45) is 4.16. The van der Waals surface area contributed by atoms with Crippen LogP contribution >= 0.6 is 11.3 Å². The molecule has 1 amide bonds. The molecule has 0 atom stereocenters. The first kappa shape index (κ1) is 13.4. The number of hydrogen-bond acceptors (Lipinski definition) is 4. The maximum atomic E-state index is 11.8. The lowest BCUT2D eigenvalue weighted by molar-refractivity contribution is 0.0954. The Morgan fingerprint density at radius 3 is 2.89 bits per heavy atom. The van der Waals surface area contributed by atoms with Gasteiger partial charge in [-0.2, -0.15) is 5.10 Å². The van der Waals surface area contributed by atoms with Gasteiger partial charge in [0.2, 0.25) is 0 Å². The van der Waals surface area contributed by atoms with Gasteiger partial charge < -0.3 is 0 Å². The summed E-state index contributed by atoms with van der Waals surface area (Å²) in [5.41, 5.74) is 3.85. The summed E-state index contributed by atoms with van der Waals surface area (Å²) in [4.78, 5) is 18.1. The monoisotopic (exact) mass is 273 g/mol. The summed E-state index contributed by atoms with van der Waals surface area (Å²) >= 11 is 1.69. The average molecular weight is 273 g/mol. The molecule has 2 aromatic heterocycles. The van der Waals surface area contributed by atoms with Gasteiger partial charge in [-0.1, -0.05) is 6.92 Å². The van der Waals surface area contributed by atoms with Crippen LogP contribution in [0.3, 0.4) is 0 Å². The fraction of sp³-hybridized carbons (Fsp3) is 0.214. The minimum absolute atomic E-state index is 0.250. The molecule has 2 rings (SSSR count). The number of aromatic nitrogens is 1. The highest BCUT2D eigenvalue weighted by Crippen LogP contribution is 2.17. The van der Waals surface area contributed by atoms with Gasteiger partial charge in [0, 0.05) is 17.3 Å². The van der Waals surface area contributed by atoms with E-state index in [1.165, 1.54) is 11.1 Å². The van der Waals surface area contributed by atoms with Crippen LogP contribution < -0.4 is 5.43 Å². The average Bonchev–Trinajstić information content (AvgIpc) is 2.94. The van der Waals surface area contributed by atoms with Gasteiger partial charge in [-0.05, 0) is 37.6 Å². The Kier molecular flexibility index (Phi) is 4.41. The molecule has 4 nitrogen and oxygen atoms in total. The predicted molar refractivity (Wildman–Crippen MR) is 77.6 cm³/mol. The van der Waals surface area contributed by atoms with Crippen LogP contribution in [0.25, 0.3) is 0 Å². The van der Waals surface area contributed by atoms with Crippen LogP contribution in [0.15, 0.2) is 41.8 Å². The zero-order chi connectivity index (χ0) is 13.7. The molecule has 19 heavy (non-hydrogen) atoms. The van der Waals surface area contributed by atoms with Crippen molar-refractivity contribution in [2.24, 2.45) is 5.10 Å². The Bertz CT molecular complexity index is 590. The molecule has 0 saturated carbocycles. The molecule has 2 aromatic rings. The number of nitrogens with zero attached hydrogens (tertiary/aromatic N) is 2. The number of amides is 1. The van der Waals surface area contributed by atoms with E-state index in [2.05, 4.69) is 28.5 Å². The van der Waals surface area contributed by atoms with Crippen molar-refractivity contribution in [3.05, 3.63) is 52.0 Å². The van der Waals surface area contributed by atoms with Gasteiger partial charge in [0.1, 0.15) is 0 Å². The minimum atomic E-state index is -0.250. The van der Waals surface area contributed by atoms with E-state index in [0.29, 0.717) is 5.56 Å². The summed E-state index contributed by atoms with van der Waals surface area (Å²) in [6, 6.07) is 7.53. The lowest BCUT2D eigenvalue weighted by Gasteiger charge is -2.00. The van der Waals surface area contributed by atoms with E-state index in [9.17, 15) is 4.79 Å². The minimum Gasteiger partial charge on any atom is -0.267 e. The molecule has 5 heteroatoms. The van der Waals surface area contributed by atoms with Crippen molar-refractivity contribution in [3.8, 4) is 0 Å². The van der Waals surface area contributed by atoms with Crippen molar-refractivity contribution in [1.82, 2.24) is 10.4 Å². The summed E-state index contributed by atoms with van der Waals surface area (Å²) in [6.45, 7) is 4.00. The number of hydrazone groups is 1. The van der Waals surface area contributed by atoms with Crippen molar-refractivity contribution in [1.29, 1.82) is 0 Å². The van der Waals surface area contributed by atoms with E-state index in [-0.39, 0.29) is 5.91 Å². The maximum absolute atomic E-state index is 11.8. The van der Waals surface area contributed by atoms with Gasteiger partial charge in [-0.15, -0.1) is 11.3 Å². The fourth-order valence-corrected chi connectivity index (χ4v) is 2.41. The highest BCUT2D eigenvalue weighted by Gasteiger charge is 2.05. The fourth-order valence-electron chi connectivity index (χ4n) is 1.51. The lowest BCUT2D eigenvalue weighted by atomic mass is 10.3. The summed E-state index contributed by atoms with van der Waals surface area (Å²) < 4.78 is 0. The molecule has 0 aliphatic heterocycles. The second-order valence-electron chi connectivity index (χ2n) is 4.00. The van der Waals surface area contributed by atoms with Gasteiger partial charge in [0.15, 0.2) is 0 Å². The van der Waals surface area contributed by atoms with Crippen molar-refractivity contribution in [2.45, 2.75) is 20.3 Å². The van der Waals surface area contributed by atoms with Crippen LogP contribution in [0.1, 0.15) is 34.0 Å². The summed E-state index contributed by atoms with van der Waals surface area (Å²) in [5, 5.41) is 4.12. The van der Waals surface area contributed by atoms with Gasteiger partial charge in [0.05, 0.1) is 16.2 Å². The first-order valence-corrected chi connectivity index (χ1v) is 6.86. The Morgan fingerprint density at radius 2 is 2.26 bits per heavy atom. The predicted octanol–water partition coefficient (Wildman–Crippen LogP) is 2.86. The Hall–Kier alpha value is -2.01. The van der Waals surface area contributed by atoms with Crippen molar-refractivity contribution in [2.75, 3.05) is 0 Å². The molecule has 0 spiro atoms. The number of carbonyl (C=O) groups excluding carboxylic acids is 1. The number of carbonyl (C=O) groups is 1. The maximum Gasteiger partial charge on any atom is 0.272 e. The second kappa shape index (κ2) is 6.24. The molecule has 0 saturated heterocycles. The third-order valence-electron chi connectivity index (χ3n) is 2.62. The number of nitrogens with one attached hydrogen (secondary N) is 1. The molecule has 0 radical (unpaired) electrons. The first-order valence-electron chi connectivity index (χ1n) is 6.04. The smallest absolute Gasteiger partial charge is 0.267 e. The quantitative estimate of drug-likeness (QED) is 0.688. The Labute approximate surface area is 116 Å². The zero-order valence-electron chi connectivity index (χ0n) is 10.9. The van der Waals surface area contributed by atoms with Crippen molar-refractivity contribution < 1.29 is 4.79 Å². The second-order valence-corrected chi connectivity index (χ2v) is 5.17. The van der Waals surface area contributed by atoms with Crippen LogP contribution in [0, 0.1) is 0 Å². The molecule has 98 valence electrons. The van der Waals surface area contributed by atoms with E-state index >= 15 is 0 Å². The molecule has 0 aliphatic rings. The largest absolute Gasteiger partial charge is 0.272 e. The van der Waals surface area contributed by atoms with Gasteiger partial charge in [-0.25, -0.2) is 5.43 Å². The molecule has 0 aliphatic carbocycles. The molecule has 2 heterocycles. The summed E-state index contributed by atoms with van der Waals surface area (Å²) in [7, 11) is 0. The molecule has 0 fully saturated rings. The third kappa shape index (κ3) is 3.48. The van der Waals surface area contributed by atoms with Crippen LogP contribution in [-0.4, -0.2) is 16.6 Å². The number of aryl methyl sites for hydroxylation is 1. The Morgan fingerprint density at radius 1 is 1.42 bits per heavy atom. The number of pyridine rings is 1. The van der Waals surface area contributed by atoms with E-state index in [4.69, 9.17) is 0 Å². The van der Waals surface area contributed by atoms with Crippen LogP contribution in [0.2, 0.25) is 0 Å². The van der Waals surface area contributed by atoms with E-state index in [1.54, 1.807) is 29.7 Å². The molecule has 1 N–H and O–H groups in total. The van der Waals surface area contributed by atoms with Gasteiger partial charge >= 0.3 is 0 Å². The van der Waals surface area contributed by atoms with Gasteiger partial charge in [-0.3, -0.25) is 9.78 Å². The highest BCUT2D eigenvalue weighted by atomic mass is 32.1. The van der Waals surface area contributed by atoms with Crippen LogP contribution in [0.4, 0.5) is 0 Å². The topological polar surface area (TPSA) is 54.4 Å². The number of rotatable bonds is 4. The zero-order valence-corrected chi connectivity index (χ0v) is 11.7. The normalized spacial score (nSPS) is 11.4. The van der Waals surface area contributed by atoms with Crippen molar-refractivity contribution in [3.63, 3.8) is 0 Å². The third-order valence-corrected chi connectivity index (χ3v) is 3.95. The highest BCUT2D eigenvalue weighted by molar-refractivity contribution is 7.14. The Balaban J connectivity index is 2.04. The SMILES string of the molecule is CCc1ccc(/C(C)=N\NC(=O)c2cccnc2)s1. The van der Waals surface area contributed by atoms with E-state index in [1.807, 2.05) is 13.0 Å². The lowest BCUT2D eigenvalue weighted by Crippen LogP contribution is -2.19. The molecule has 0 unspecified atom stereocenters. The first-order chi connectivity index (χ1) is 9.20. The van der Waals surface area contributed by atoms with E-state index < -0.39 is 0 Å². The summed E-state index contributed by atoms with van der Waals surface area (Å²) in [5.74, 6) is -0.250.